The molecule has 0 heterocycles. The smallest absolute Gasteiger partial charge is 0.330 e. The van der Waals surface area contributed by atoms with Crippen molar-refractivity contribution in [1.82, 2.24) is 4.90 Å². The quantitative estimate of drug-likeness (QED) is 0.388. The summed E-state index contributed by atoms with van der Waals surface area (Å²) in [4.78, 5) is 12.8. The molecule has 0 spiro atoms. The summed E-state index contributed by atoms with van der Waals surface area (Å²) in [7, 11) is 2.04. The zero-order chi connectivity index (χ0) is 13.8. The van der Waals surface area contributed by atoms with E-state index < -0.39 is 5.97 Å². The maximum Gasteiger partial charge on any atom is 0.330 e. The number of aliphatic carboxylic acids is 1. The molecule has 0 radical (unpaired) electrons. The maximum absolute atomic E-state index is 10.6. The first kappa shape index (κ1) is 16.6. The van der Waals surface area contributed by atoms with Crippen LogP contribution in [0.4, 0.5) is 0 Å². The molecule has 0 unspecified atom stereocenters. The summed E-state index contributed by atoms with van der Waals surface area (Å²) in [5, 5.41) is 8.69. The molecule has 0 saturated carbocycles. The molecule has 0 aliphatic rings. The lowest BCUT2D eigenvalue weighted by Gasteiger charge is -2.12. The molecule has 102 valence electrons. The van der Waals surface area contributed by atoms with Crippen LogP contribution in [-0.4, -0.2) is 36.1 Å². The van der Waals surface area contributed by atoms with Gasteiger partial charge < -0.3 is 10.0 Å². The van der Waals surface area contributed by atoms with Gasteiger partial charge in [0.25, 0.3) is 0 Å². The molecule has 0 rings (SSSR count). The first-order chi connectivity index (χ1) is 8.57. The molecule has 0 aliphatic heterocycles. The van der Waals surface area contributed by atoms with Crippen molar-refractivity contribution in [2.75, 3.05) is 20.1 Å². The highest BCUT2D eigenvalue weighted by Gasteiger charge is 1.99. The van der Waals surface area contributed by atoms with E-state index in [-0.39, 0.29) is 0 Å². The first-order valence-electron chi connectivity index (χ1n) is 6.42. The Morgan fingerprint density at radius 2 is 1.83 bits per heavy atom. The van der Waals surface area contributed by atoms with Crippen LogP contribution in [-0.2, 0) is 4.79 Å². The number of carboxylic acid groups (broad SMARTS) is 1. The minimum atomic E-state index is -0.832. The van der Waals surface area contributed by atoms with Crippen LogP contribution in [0.3, 0.4) is 0 Å². The highest BCUT2D eigenvalue weighted by Crippen LogP contribution is 1.98. The van der Waals surface area contributed by atoms with Gasteiger partial charge in [-0.25, -0.2) is 4.79 Å². The summed E-state index contributed by atoms with van der Waals surface area (Å²) in [6.45, 7) is 5.45. The number of rotatable bonds is 9. The fraction of sp³-hybridized carbons (Fsp3) is 0.533. The second-order valence-corrected chi connectivity index (χ2v) is 4.36. The minimum Gasteiger partial charge on any atom is -0.478 e. The fourth-order valence-corrected chi connectivity index (χ4v) is 1.41. The van der Waals surface area contributed by atoms with E-state index in [0.717, 1.165) is 32.4 Å². The summed E-state index contributed by atoms with van der Waals surface area (Å²) in [5.41, 5.74) is 0.422. The van der Waals surface area contributed by atoms with Gasteiger partial charge in [-0.15, -0.1) is 0 Å². The van der Waals surface area contributed by atoms with Gasteiger partial charge >= 0.3 is 5.97 Å². The zero-order valence-corrected chi connectivity index (χ0v) is 11.7. The number of hydrogen-bond acceptors (Lipinski definition) is 2. The van der Waals surface area contributed by atoms with E-state index in [4.69, 9.17) is 5.11 Å². The number of hydrogen-bond donors (Lipinski definition) is 1. The third kappa shape index (κ3) is 9.85. The lowest BCUT2D eigenvalue weighted by molar-refractivity contribution is -0.132. The summed E-state index contributed by atoms with van der Waals surface area (Å²) < 4.78 is 0. The lowest BCUT2D eigenvalue weighted by atomic mass is 10.2. The van der Waals surface area contributed by atoms with Crippen LogP contribution in [0.25, 0.3) is 0 Å². The van der Waals surface area contributed by atoms with Crippen molar-refractivity contribution in [3.8, 4) is 0 Å². The lowest BCUT2D eigenvalue weighted by Crippen LogP contribution is -2.19. The topological polar surface area (TPSA) is 40.5 Å². The van der Waals surface area contributed by atoms with Crippen LogP contribution in [0, 0.1) is 0 Å². The number of carboxylic acids is 1. The Kier molecular flexibility index (Phi) is 9.97. The van der Waals surface area contributed by atoms with Crippen molar-refractivity contribution >= 4 is 5.97 Å². The van der Waals surface area contributed by atoms with Gasteiger partial charge in [0.15, 0.2) is 0 Å². The van der Waals surface area contributed by atoms with E-state index in [1.165, 1.54) is 0 Å². The highest BCUT2D eigenvalue weighted by molar-refractivity contribution is 5.85. The van der Waals surface area contributed by atoms with Crippen LogP contribution < -0.4 is 0 Å². The average Bonchev–Trinajstić information content (AvgIpc) is 2.33. The van der Waals surface area contributed by atoms with Crippen molar-refractivity contribution in [2.45, 2.75) is 33.1 Å². The summed E-state index contributed by atoms with van der Waals surface area (Å²) in [6.07, 6.45) is 13.3. The average molecular weight is 251 g/mol. The zero-order valence-electron chi connectivity index (χ0n) is 11.7. The van der Waals surface area contributed by atoms with Gasteiger partial charge in [-0.2, -0.15) is 0 Å². The molecule has 0 aromatic carbocycles. The maximum atomic E-state index is 10.6. The molecule has 3 heteroatoms. The Hall–Kier alpha value is -1.35. The number of unbranched alkanes of at least 4 members (excludes halogenated alkanes) is 1. The molecule has 3 nitrogen and oxygen atoms in total. The third-order valence-electron chi connectivity index (χ3n) is 2.62. The first-order valence-corrected chi connectivity index (χ1v) is 6.42. The molecule has 0 saturated heterocycles. The molecular weight excluding hydrogens is 226 g/mol. The monoisotopic (exact) mass is 251 g/mol. The Bertz CT molecular complexity index is 316. The molecule has 0 aliphatic carbocycles. The molecule has 0 atom stereocenters. The predicted octanol–water partition coefficient (Wildman–Crippen LogP) is 3.25. The number of likely N-dealkylation sites (N-methyl/N-ethyl adjacent to an activating group) is 1. The van der Waals surface area contributed by atoms with E-state index in [0.29, 0.717) is 5.57 Å². The highest BCUT2D eigenvalue weighted by atomic mass is 16.4. The Morgan fingerprint density at radius 1 is 1.17 bits per heavy atom. The minimum absolute atomic E-state index is 0.422. The second-order valence-electron chi connectivity index (χ2n) is 4.36. The number of allylic oxidation sites excluding steroid dienone is 3. The van der Waals surface area contributed by atoms with Crippen LogP contribution >= 0.6 is 0 Å². The summed E-state index contributed by atoms with van der Waals surface area (Å²) in [6, 6.07) is 0. The molecule has 1 N–H and O–H groups in total. The molecule has 0 bridgehead atoms. The van der Waals surface area contributed by atoms with Gasteiger partial charge in [-0.05, 0) is 40.2 Å². The standard InChI is InChI=1S/C15H25NO2/c1-4-5-6-7-8-9-12-16(3)13-10-11-14(2)15(17)18/h4-5,8-9,11H,6-7,10,12-13H2,1-3H3,(H,17,18). The van der Waals surface area contributed by atoms with Gasteiger partial charge in [-0.1, -0.05) is 30.4 Å². The van der Waals surface area contributed by atoms with Gasteiger partial charge in [0.05, 0.1) is 0 Å². The fourth-order valence-electron chi connectivity index (χ4n) is 1.41. The third-order valence-corrected chi connectivity index (χ3v) is 2.62. The molecule has 18 heavy (non-hydrogen) atoms. The van der Waals surface area contributed by atoms with Crippen LogP contribution in [0.1, 0.15) is 33.1 Å². The summed E-state index contributed by atoms with van der Waals surface area (Å²) >= 11 is 0. The van der Waals surface area contributed by atoms with Crippen molar-refractivity contribution in [3.63, 3.8) is 0 Å². The molecular formula is C15H25NO2. The SMILES string of the molecule is CC=CCCC=CCN(C)CCC=C(C)C(=O)O. The Morgan fingerprint density at radius 3 is 2.44 bits per heavy atom. The Labute approximate surface area is 110 Å². The van der Waals surface area contributed by atoms with E-state index in [9.17, 15) is 4.79 Å². The van der Waals surface area contributed by atoms with Gasteiger partial charge in [0.2, 0.25) is 0 Å². The van der Waals surface area contributed by atoms with E-state index in [1.807, 2.05) is 14.0 Å². The Balaban J connectivity index is 3.68. The second kappa shape index (κ2) is 10.8. The van der Waals surface area contributed by atoms with Crippen molar-refractivity contribution < 1.29 is 9.90 Å². The molecule has 0 fully saturated rings. The number of carbonyl (C=O) groups is 1. The van der Waals surface area contributed by atoms with Crippen LogP contribution in [0.2, 0.25) is 0 Å². The normalized spacial score (nSPS) is 13.0. The molecule has 0 aromatic heterocycles. The van der Waals surface area contributed by atoms with Crippen molar-refractivity contribution in [2.24, 2.45) is 0 Å². The number of nitrogens with zero attached hydrogens (tertiary/aromatic N) is 1. The van der Waals surface area contributed by atoms with Gasteiger partial charge in [0.1, 0.15) is 0 Å². The van der Waals surface area contributed by atoms with E-state index >= 15 is 0 Å². The van der Waals surface area contributed by atoms with Gasteiger partial charge in [0, 0.05) is 18.7 Å². The molecule has 0 amide bonds. The van der Waals surface area contributed by atoms with Crippen molar-refractivity contribution in [1.29, 1.82) is 0 Å². The van der Waals surface area contributed by atoms with Crippen LogP contribution in [0.5, 0.6) is 0 Å². The van der Waals surface area contributed by atoms with E-state index in [1.54, 1.807) is 13.0 Å². The van der Waals surface area contributed by atoms with Crippen LogP contribution in [0.15, 0.2) is 36.0 Å². The van der Waals surface area contributed by atoms with Gasteiger partial charge in [-0.3, -0.25) is 0 Å². The predicted molar refractivity (Wildman–Crippen MR) is 76.7 cm³/mol. The molecule has 0 aromatic rings. The summed E-state index contributed by atoms with van der Waals surface area (Å²) in [5.74, 6) is -0.832. The van der Waals surface area contributed by atoms with E-state index in [2.05, 4.69) is 29.2 Å². The largest absolute Gasteiger partial charge is 0.478 e. The van der Waals surface area contributed by atoms with Crippen molar-refractivity contribution in [3.05, 3.63) is 36.0 Å².